The number of carbonyl (C=O) groups is 2. The second-order valence-electron chi connectivity index (χ2n) is 6.21. The van der Waals surface area contributed by atoms with Gasteiger partial charge in [0.05, 0.1) is 11.1 Å². The molecule has 0 spiro atoms. The van der Waals surface area contributed by atoms with Gasteiger partial charge in [-0.05, 0) is 30.5 Å². The summed E-state index contributed by atoms with van der Waals surface area (Å²) in [5, 5.41) is 9.38. The van der Waals surface area contributed by atoms with Crippen LogP contribution in [-0.2, 0) is 6.54 Å². The third-order valence-corrected chi connectivity index (χ3v) is 4.61. The lowest BCUT2D eigenvalue weighted by molar-refractivity contribution is 0.0635. The highest BCUT2D eigenvalue weighted by molar-refractivity contribution is 6.04. The van der Waals surface area contributed by atoms with E-state index in [1.165, 1.54) is 6.07 Å². The first-order chi connectivity index (χ1) is 11.7. The molecule has 2 aromatic carbocycles. The van der Waals surface area contributed by atoms with Gasteiger partial charge in [0.15, 0.2) is 0 Å². The van der Waals surface area contributed by atoms with Crippen molar-refractivity contribution >= 4 is 11.9 Å². The number of carboxylic acids is 1. The van der Waals surface area contributed by atoms with Crippen LogP contribution in [0.1, 0.15) is 52.0 Å². The van der Waals surface area contributed by atoms with Crippen molar-refractivity contribution in [1.82, 2.24) is 4.90 Å². The van der Waals surface area contributed by atoms with Crippen molar-refractivity contribution in [1.29, 1.82) is 0 Å². The number of hydrogen-bond donors (Lipinski definition) is 1. The third-order valence-electron chi connectivity index (χ3n) is 4.61. The van der Waals surface area contributed by atoms with E-state index in [0.717, 1.165) is 31.2 Å². The molecule has 4 nitrogen and oxygen atoms in total. The van der Waals surface area contributed by atoms with Crippen molar-refractivity contribution < 1.29 is 14.7 Å². The maximum absolute atomic E-state index is 13.1. The quantitative estimate of drug-likeness (QED) is 0.906. The fraction of sp³-hybridized carbons (Fsp3) is 0.300. The molecule has 1 saturated carbocycles. The molecular weight excluding hydrogens is 302 g/mol. The lowest BCUT2D eigenvalue weighted by Crippen LogP contribution is -2.39. The van der Waals surface area contributed by atoms with Gasteiger partial charge in [0, 0.05) is 12.6 Å². The molecule has 0 aromatic heterocycles. The molecule has 1 aliphatic rings. The van der Waals surface area contributed by atoms with E-state index in [9.17, 15) is 14.7 Å². The lowest BCUT2D eigenvalue weighted by Gasteiger charge is -2.29. The van der Waals surface area contributed by atoms with Gasteiger partial charge in [-0.3, -0.25) is 4.79 Å². The van der Waals surface area contributed by atoms with Gasteiger partial charge in [-0.25, -0.2) is 4.79 Å². The Kier molecular flexibility index (Phi) is 4.94. The smallest absolute Gasteiger partial charge is 0.336 e. The number of benzene rings is 2. The number of aromatic carboxylic acids is 1. The molecule has 0 saturated heterocycles. The van der Waals surface area contributed by atoms with Crippen LogP contribution in [-0.4, -0.2) is 27.9 Å². The van der Waals surface area contributed by atoms with Crippen molar-refractivity contribution in [2.75, 3.05) is 0 Å². The van der Waals surface area contributed by atoms with E-state index in [-0.39, 0.29) is 23.1 Å². The van der Waals surface area contributed by atoms with Crippen molar-refractivity contribution in [3.05, 3.63) is 71.3 Å². The fourth-order valence-electron chi connectivity index (χ4n) is 3.37. The largest absolute Gasteiger partial charge is 0.478 e. The Balaban J connectivity index is 1.93. The van der Waals surface area contributed by atoms with Gasteiger partial charge in [0.25, 0.3) is 5.91 Å². The van der Waals surface area contributed by atoms with E-state index in [4.69, 9.17) is 0 Å². The first-order valence-electron chi connectivity index (χ1n) is 8.34. The van der Waals surface area contributed by atoms with Crippen molar-refractivity contribution in [3.8, 4) is 0 Å². The highest BCUT2D eigenvalue weighted by atomic mass is 16.4. The molecular formula is C20H21NO3. The van der Waals surface area contributed by atoms with E-state index in [1.54, 1.807) is 18.2 Å². The Morgan fingerprint density at radius 1 is 0.917 bits per heavy atom. The Bertz CT molecular complexity index is 721. The van der Waals surface area contributed by atoms with Crippen LogP contribution in [0.2, 0.25) is 0 Å². The summed E-state index contributed by atoms with van der Waals surface area (Å²) in [5.41, 5.74) is 1.40. The first kappa shape index (κ1) is 16.2. The highest BCUT2D eigenvalue weighted by Gasteiger charge is 2.29. The molecule has 0 unspecified atom stereocenters. The van der Waals surface area contributed by atoms with E-state index >= 15 is 0 Å². The van der Waals surface area contributed by atoms with Crippen molar-refractivity contribution in [2.24, 2.45) is 0 Å². The van der Waals surface area contributed by atoms with Crippen LogP contribution in [0.3, 0.4) is 0 Å². The molecule has 1 amide bonds. The number of rotatable bonds is 5. The summed E-state index contributed by atoms with van der Waals surface area (Å²) in [5.74, 6) is -1.26. The van der Waals surface area contributed by atoms with Gasteiger partial charge in [-0.1, -0.05) is 55.3 Å². The normalized spacial score (nSPS) is 14.5. The number of amides is 1. The number of carboxylic acid groups (broad SMARTS) is 1. The predicted octanol–water partition coefficient (Wildman–Crippen LogP) is 3.97. The highest BCUT2D eigenvalue weighted by Crippen LogP contribution is 2.27. The molecule has 24 heavy (non-hydrogen) atoms. The number of hydrogen-bond acceptors (Lipinski definition) is 2. The van der Waals surface area contributed by atoms with Gasteiger partial charge in [0.2, 0.25) is 0 Å². The zero-order chi connectivity index (χ0) is 16.9. The minimum atomic E-state index is -1.06. The van der Waals surface area contributed by atoms with Crippen molar-refractivity contribution in [3.63, 3.8) is 0 Å². The van der Waals surface area contributed by atoms with E-state index in [2.05, 4.69) is 0 Å². The van der Waals surface area contributed by atoms with Gasteiger partial charge in [0.1, 0.15) is 0 Å². The maximum atomic E-state index is 13.1. The van der Waals surface area contributed by atoms with E-state index in [0.29, 0.717) is 6.54 Å². The fourth-order valence-corrected chi connectivity index (χ4v) is 3.37. The molecule has 1 aliphatic carbocycles. The van der Waals surface area contributed by atoms with Crippen LogP contribution in [0.5, 0.6) is 0 Å². The molecule has 1 N–H and O–H groups in total. The Morgan fingerprint density at radius 3 is 2.12 bits per heavy atom. The zero-order valence-electron chi connectivity index (χ0n) is 13.5. The standard InChI is InChI=1S/C20H21NO3/c22-19(17-12-6-7-13-18(17)20(23)24)21(16-10-4-5-11-16)14-15-8-2-1-3-9-15/h1-3,6-9,12-13,16H,4-5,10-11,14H2,(H,23,24). The molecule has 0 bridgehead atoms. The number of nitrogens with zero attached hydrogens (tertiary/aromatic N) is 1. The van der Waals surface area contributed by atoms with Gasteiger partial charge in [-0.2, -0.15) is 0 Å². The van der Waals surface area contributed by atoms with Crippen LogP contribution < -0.4 is 0 Å². The summed E-state index contributed by atoms with van der Waals surface area (Å²) >= 11 is 0. The summed E-state index contributed by atoms with van der Waals surface area (Å²) in [4.78, 5) is 26.4. The maximum Gasteiger partial charge on any atom is 0.336 e. The average Bonchev–Trinajstić information content (AvgIpc) is 3.14. The first-order valence-corrected chi connectivity index (χ1v) is 8.34. The average molecular weight is 323 g/mol. The predicted molar refractivity (Wildman–Crippen MR) is 92.0 cm³/mol. The molecule has 4 heteroatoms. The van der Waals surface area contributed by atoms with Crippen LogP contribution in [0.15, 0.2) is 54.6 Å². The summed E-state index contributed by atoms with van der Waals surface area (Å²) in [6.45, 7) is 0.512. The molecule has 1 fully saturated rings. The van der Waals surface area contributed by atoms with Gasteiger partial charge < -0.3 is 10.0 Å². The van der Waals surface area contributed by atoms with Crippen LogP contribution >= 0.6 is 0 Å². The molecule has 0 aliphatic heterocycles. The minimum absolute atomic E-state index is 0.0681. The molecule has 0 atom stereocenters. The SMILES string of the molecule is O=C(O)c1ccccc1C(=O)N(Cc1ccccc1)C1CCCC1. The lowest BCUT2D eigenvalue weighted by atomic mass is 10.0. The molecule has 0 radical (unpaired) electrons. The second-order valence-corrected chi connectivity index (χ2v) is 6.21. The Hall–Kier alpha value is -2.62. The zero-order valence-corrected chi connectivity index (χ0v) is 13.5. The van der Waals surface area contributed by atoms with Crippen molar-refractivity contribution in [2.45, 2.75) is 38.3 Å². The van der Waals surface area contributed by atoms with E-state index < -0.39 is 5.97 Å². The van der Waals surface area contributed by atoms with Crippen LogP contribution in [0.4, 0.5) is 0 Å². The topological polar surface area (TPSA) is 57.6 Å². The van der Waals surface area contributed by atoms with Crippen LogP contribution in [0, 0.1) is 0 Å². The summed E-state index contributed by atoms with van der Waals surface area (Å²) in [7, 11) is 0. The van der Waals surface area contributed by atoms with E-state index in [1.807, 2.05) is 35.2 Å². The summed E-state index contributed by atoms with van der Waals surface area (Å²) in [6.07, 6.45) is 4.19. The van der Waals surface area contributed by atoms with Gasteiger partial charge in [-0.15, -0.1) is 0 Å². The second kappa shape index (κ2) is 7.30. The Labute approximate surface area is 141 Å². The molecule has 124 valence electrons. The Morgan fingerprint density at radius 2 is 1.50 bits per heavy atom. The van der Waals surface area contributed by atoms with Gasteiger partial charge >= 0.3 is 5.97 Å². The monoisotopic (exact) mass is 323 g/mol. The molecule has 3 rings (SSSR count). The number of carbonyl (C=O) groups excluding carboxylic acids is 1. The summed E-state index contributed by atoms with van der Waals surface area (Å²) < 4.78 is 0. The third kappa shape index (κ3) is 3.48. The molecule has 0 heterocycles. The summed E-state index contributed by atoms with van der Waals surface area (Å²) in [6, 6.07) is 16.5. The molecule has 2 aromatic rings. The minimum Gasteiger partial charge on any atom is -0.478 e. The van der Waals surface area contributed by atoms with Crippen LogP contribution in [0.25, 0.3) is 0 Å².